The molecule has 3 rings (SSSR count). The van der Waals surface area contributed by atoms with Gasteiger partial charge < -0.3 is 10.2 Å². The third-order valence-corrected chi connectivity index (χ3v) is 6.46. The third kappa shape index (κ3) is 4.09. The molecule has 1 fully saturated rings. The van der Waals surface area contributed by atoms with Gasteiger partial charge in [0.2, 0.25) is 0 Å². The van der Waals surface area contributed by atoms with Crippen molar-refractivity contribution in [2.45, 2.75) is 26.7 Å². The van der Waals surface area contributed by atoms with E-state index in [4.69, 9.17) is 4.99 Å². The van der Waals surface area contributed by atoms with Crippen LogP contribution in [0.1, 0.15) is 25.8 Å². The van der Waals surface area contributed by atoms with Gasteiger partial charge in [-0.05, 0) is 36.3 Å². The average molecular weight is 350 g/mol. The van der Waals surface area contributed by atoms with Gasteiger partial charge in [-0.25, -0.2) is 8.42 Å². The van der Waals surface area contributed by atoms with Gasteiger partial charge >= 0.3 is 0 Å². The Kier molecular flexibility index (Phi) is 5.13. The summed E-state index contributed by atoms with van der Waals surface area (Å²) in [5, 5.41) is 3.45. The van der Waals surface area contributed by atoms with E-state index in [2.05, 4.69) is 48.3 Å². The summed E-state index contributed by atoms with van der Waals surface area (Å²) in [5.41, 5.74) is 2.56. The molecule has 0 aromatic heterocycles. The van der Waals surface area contributed by atoms with Gasteiger partial charge in [-0.2, -0.15) is 0 Å². The van der Waals surface area contributed by atoms with E-state index in [1.165, 1.54) is 11.3 Å². The van der Waals surface area contributed by atoms with E-state index in [1.807, 2.05) is 0 Å². The molecule has 24 heavy (non-hydrogen) atoms. The molecule has 2 aliphatic heterocycles. The molecule has 1 unspecified atom stereocenters. The van der Waals surface area contributed by atoms with Crippen molar-refractivity contribution < 1.29 is 8.42 Å². The molecule has 5 nitrogen and oxygen atoms in total. The van der Waals surface area contributed by atoms with Gasteiger partial charge in [0.25, 0.3) is 0 Å². The summed E-state index contributed by atoms with van der Waals surface area (Å²) in [6.07, 6.45) is 1.78. The molecule has 0 radical (unpaired) electrons. The zero-order valence-corrected chi connectivity index (χ0v) is 15.3. The first-order valence-corrected chi connectivity index (χ1v) is 10.6. The van der Waals surface area contributed by atoms with Crippen molar-refractivity contribution in [3.8, 4) is 0 Å². The Labute approximate surface area is 145 Å². The number of aliphatic imine (C=N–C) groups is 1. The predicted molar refractivity (Wildman–Crippen MR) is 99.4 cm³/mol. The zero-order chi connectivity index (χ0) is 17.2. The van der Waals surface area contributed by atoms with Crippen LogP contribution in [0.3, 0.4) is 0 Å². The van der Waals surface area contributed by atoms with Crippen molar-refractivity contribution in [3.63, 3.8) is 0 Å². The van der Waals surface area contributed by atoms with Crippen LogP contribution in [-0.4, -0.2) is 45.5 Å². The van der Waals surface area contributed by atoms with E-state index < -0.39 is 9.84 Å². The molecule has 0 amide bonds. The number of sulfone groups is 1. The van der Waals surface area contributed by atoms with Crippen molar-refractivity contribution in [1.29, 1.82) is 0 Å². The van der Waals surface area contributed by atoms with Gasteiger partial charge in [0.05, 0.1) is 11.5 Å². The monoisotopic (exact) mass is 349 g/mol. The van der Waals surface area contributed by atoms with Crippen LogP contribution in [0.25, 0.3) is 0 Å². The number of hydrogen-bond acceptors (Lipinski definition) is 3. The fourth-order valence-electron chi connectivity index (χ4n) is 3.33. The molecule has 2 heterocycles. The molecule has 1 atom stereocenters. The van der Waals surface area contributed by atoms with E-state index >= 15 is 0 Å². The molecule has 132 valence electrons. The maximum absolute atomic E-state index is 11.7. The summed E-state index contributed by atoms with van der Waals surface area (Å²) in [4.78, 5) is 7.02. The van der Waals surface area contributed by atoms with Gasteiger partial charge in [-0.3, -0.25) is 4.99 Å². The van der Waals surface area contributed by atoms with Crippen molar-refractivity contribution in [1.82, 2.24) is 5.32 Å². The number of fused-ring (bicyclic) bond motifs is 1. The fraction of sp³-hybridized carbons (Fsp3) is 0.611. The minimum atomic E-state index is -2.83. The summed E-state index contributed by atoms with van der Waals surface area (Å²) >= 11 is 0. The Morgan fingerprint density at radius 3 is 2.88 bits per heavy atom. The first-order chi connectivity index (χ1) is 11.4. The lowest BCUT2D eigenvalue weighted by Crippen LogP contribution is -2.43. The normalized spacial score (nSPS) is 22.9. The topological polar surface area (TPSA) is 61.8 Å². The molecule has 0 spiro atoms. The van der Waals surface area contributed by atoms with E-state index in [0.717, 1.165) is 31.9 Å². The summed E-state index contributed by atoms with van der Waals surface area (Å²) in [6.45, 7) is 6.68. The molecular formula is C18H27N3O2S. The Balaban J connectivity index is 1.72. The Morgan fingerprint density at radius 2 is 2.17 bits per heavy atom. The number of nitrogens with zero attached hydrogens (tertiary/aromatic N) is 2. The highest BCUT2D eigenvalue weighted by Gasteiger charge is 2.29. The molecule has 0 bridgehead atoms. The van der Waals surface area contributed by atoms with Gasteiger partial charge in [0.15, 0.2) is 15.8 Å². The molecule has 2 aliphatic rings. The Morgan fingerprint density at radius 1 is 1.38 bits per heavy atom. The van der Waals surface area contributed by atoms with Crippen LogP contribution in [-0.2, 0) is 16.3 Å². The number of rotatable bonds is 4. The van der Waals surface area contributed by atoms with Crippen molar-refractivity contribution in [3.05, 3.63) is 29.8 Å². The first kappa shape index (κ1) is 17.3. The van der Waals surface area contributed by atoms with Crippen LogP contribution in [0.15, 0.2) is 29.3 Å². The predicted octanol–water partition coefficient (Wildman–Crippen LogP) is 2.09. The zero-order valence-electron chi connectivity index (χ0n) is 14.5. The number of para-hydroxylation sites is 1. The maximum Gasteiger partial charge on any atom is 0.198 e. The molecule has 1 N–H and O–H groups in total. The maximum atomic E-state index is 11.7. The van der Waals surface area contributed by atoms with Gasteiger partial charge in [-0.1, -0.05) is 32.0 Å². The van der Waals surface area contributed by atoms with Gasteiger partial charge in [0, 0.05) is 25.3 Å². The highest BCUT2D eigenvalue weighted by molar-refractivity contribution is 7.91. The quantitative estimate of drug-likeness (QED) is 0.668. The smallest absolute Gasteiger partial charge is 0.198 e. The van der Waals surface area contributed by atoms with Gasteiger partial charge in [-0.15, -0.1) is 0 Å². The van der Waals surface area contributed by atoms with Crippen molar-refractivity contribution in [2.24, 2.45) is 16.8 Å². The van der Waals surface area contributed by atoms with E-state index in [-0.39, 0.29) is 5.92 Å². The van der Waals surface area contributed by atoms with Crippen LogP contribution in [0.2, 0.25) is 0 Å². The first-order valence-electron chi connectivity index (χ1n) is 8.79. The minimum Gasteiger partial charge on any atom is -0.356 e. The third-order valence-electron chi connectivity index (χ3n) is 4.62. The number of hydrogen-bond donors (Lipinski definition) is 1. The molecule has 1 aromatic carbocycles. The number of anilines is 1. The second kappa shape index (κ2) is 7.13. The summed E-state index contributed by atoms with van der Waals surface area (Å²) in [7, 11) is -2.83. The Bertz CT molecular complexity index is 713. The highest BCUT2D eigenvalue weighted by atomic mass is 32.2. The lowest BCUT2D eigenvalue weighted by Gasteiger charge is -2.24. The van der Waals surface area contributed by atoms with Crippen LogP contribution in [0, 0.1) is 11.8 Å². The number of nitrogens with one attached hydrogen (secondary N) is 1. The van der Waals surface area contributed by atoms with Crippen molar-refractivity contribution >= 4 is 21.5 Å². The number of benzene rings is 1. The molecule has 0 saturated carbocycles. The second-order valence-electron chi connectivity index (χ2n) is 7.24. The second-order valence-corrected chi connectivity index (χ2v) is 9.47. The highest BCUT2D eigenvalue weighted by Crippen LogP contribution is 2.27. The lowest BCUT2D eigenvalue weighted by molar-refractivity contribution is 0.568. The largest absolute Gasteiger partial charge is 0.356 e. The lowest BCUT2D eigenvalue weighted by atomic mass is 10.1. The average Bonchev–Trinajstić information content (AvgIpc) is 3.10. The summed E-state index contributed by atoms with van der Waals surface area (Å²) < 4.78 is 23.3. The van der Waals surface area contributed by atoms with Crippen LogP contribution >= 0.6 is 0 Å². The van der Waals surface area contributed by atoms with E-state index in [1.54, 1.807) is 0 Å². The molecule has 6 heteroatoms. The summed E-state index contributed by atoms with van der Waals surface area (Å²) in [5.74, 6) is 2.19. The molecule has 1 saturated heterocycles. The van der Waals surface area contributed by atoms with Crippen molar-refractivity contribution in [2.75, 3.05) is 36.0 Å². The standard InChI is InChI=1S/C18H27N3O2S/c1-14(2)11-19-18(20-12-15-8-10-24(22,23)13-15)21-9-7-16-5-3-4-6-17(16)21/h3-6,14-15H,7-13H2,1-2H3,(H,19,20). The summed E-state index contributed by atoms with van der Waals surface area (Å²) in [6, 6.07) is 8.43. The van der Waals surface area contributed by atoms with E-state index in [0.29, 0.717) is 24.0 Å². The van der Waals surface area contributed by atoms with Crippen LogP contribution in [0.5, 0.6) is 0 Å². The Hall–Kier alpha value is -1.56. The van der Waals surface area contributed by atoms with E-state index in [9.17, 15) is 8.42 Å². The molecular weight excluding hydrogens is 322 g/mol. The minimum absolute atomic E-state index is 0.192. The number of guanidine groups is 1. The van der Waals surface area contributed by atoms with Crippen LogP contribution in [0.4, 0.5) is 5.69 Å². The van der Waals surface area contributed by atoms with Gasteiger partial charge in [0.1, 0.15) is 0 Å². The van der Waals surface area contributed by atoms with Crippen LogP contribution < -0.4 is 10.2 Å². The fourth-order valence-corrected chi connectivity index (χ4v) is 5.19. The molecule has 0 aliphatic carbocycles. The SMILES string of the molecule is CC(C)CN=C(NCC1CCS(=O)(=O)C1)N1CCc2ccccc21. The molecule has 1 aromatic rings.